The van der Waals surface area contributed by atoms with Crippen LogP contribution in [0, 0.1) is 24.1 Å². The molecule has 21 heavy (non-hydrogen) atoms. The molecule has 0 atom stereocenters. The normalized spacial score (nSPS) is 9.95. The second-order valence-corrected chi connectivity index (χ2v) is 5.08. The molecule has 0 saturated heterocycles. The van der Waals surface area contributed by atoms with Crippen molar-refractivity contribution >= 4 is 22.9 Å². The maximum atomic E-state index is 13.4. The van der Waals surface area contributed by atoms with Gasteiger partial charge >= 0.3 is 0 Å². The third-order valence-electron chi connectivity index (χ3n) is 2.80. The molecule has 108 valence electrons. The molecule has 0 aliphatic heterocycles. The van der Waals surface area contributed by atoms with Gasteiger partial charge in [0.1, 0.15) is 22.3 Å². The first-order valence-electron chi connectivity index (χ1n) is 6.24. The van der Waals surface area contributed by atoms with E-state index in [1.807, 2.05) is 6.07 Å². The van der Waals surface area contributed by atoms with Crippen molar-refractivity contribution in [3.05, 3.63) is 45.7 Å². The van der Waals surface area contributed by atoms with Gasteiger partial charge in [-0.1, -0.05) is 6.07 Å². The number of aromatic nitrogens is 1. The van der Waals surface area contributed by atoms with Crippen LogP contribution in [0.2, 0.25) is 0 Å². The molecule has 0 radical (unpaired) electrons. The molecule has 1 aromatic heterocycles. The Balaban J connectivity index is 1.86. The average molecular weight is 304 g/mol. The first-order chi connectivity index (χ1) is 10.1. The second-order valence-electron chi connectivity index (χ2n) is 4.22. The van der Waals surface area contributed by atoms with Crippen LogP contribution in [0.4, 0.5) is 10.1 Å². The SMILES string of the molecule is Cc1ncsc1C(=O)NCCNc1cccc(F)c1C#N. The van der Waals surface area contributed by atoms with Gasteiger partial charge in [0, 0.05) is 13.1 Å². The Bertz CT molecular complexity index is 693. The lowest BCUT2D eigenvalue weighted by atomic mass is 10.2. The maximum Gasteiger partial charge on any atom is 0.263 e. The topological polar surface area (TPSA) is 77.8 Å². The van der Waals surface area contributed by atoms with Crippen molar-refractivity contribution in [3.63, 3.8) is 0 Å². The zero-order valence-electron chi connectivity index (χ0n) is 11.3. The van der Waals surface area contributed by atoms with Crippen LogP contribution in [0.25, 0.3) is 0 Å². The summed E-state index contributed by atoms with van der Waals surface area (Å²) < 4.78 is 13.4. The molecule has 0 unspecified atom stereocenters. The first-order valence-corrected chi connectivity index (χ1v) is 7.12. The molecule has 2 aromatic rings. The van der Waals surface area contributed by atoms with E-state index in [-0.39, 0.29) is 11.5 Å². The minimum absolute atomic E-state index is 0.0258. The molecule has 1 aromatic carbocycles. The van der Waals surface area contributed by atoms with Gasteiger partial charge in [-0.15, -0.1) is 11.3 Å². The largest absolute Gasteiger partial charge is 0.382 e. The van der Waals surface area contributed by atoms with Crippen LogP contribution in [0.15, 0.2) is 23.7 Å². The van der Waals surface area contributed by atoms with Gasteiger partial charge in [-0.3, -0.25) is 4.79 Å². The molecule has 1 heterocycles. The van der Waals surface area contributed by atoms with Gasteiger partial charge in [0.25, 0.3) is 5.91 Å². The van der Waals surface area contributed by atoms with Gasteiger partial charge in [0.15, 0.2) is 0 Å². The van der Waals surface area contributed by atoms with Gasteiger partial charge in [0.05, 0.1) is 16.9 Å². The van der Waals surface area contributed by atoms with Crippen LogP contribution in [-0.4, -0.2) is 24.0 Å². The molecule has 0 fully saturated rings. The van der Waals surface area contributed by atoms with Crippen LogP contribution in [-0.2, 0) is 0 Å². The molecule has 0 spiro atoms. The molecule has 0 aliphatic rings. The van der Waals surface area contributed by atoms with Gasteiger partial charge in [0.2, 0.25) is 0 Å². The van der Waals surface area contributed by atoms with Gasteiger partial charge in [-0.25, -0.2) is 9.37 Å². The standard InChI is InChI=1S/C14H13FN4OS/c1-9-13(21-8-19-9)14(20)18-6-5-17-12-4-2-3-11(15)10(12)7-16/h2-4,8,17H,5-6H2,1H3,(H,18,20). The number of halogens is 1. The van der Waals surface area contributed by atoms with Crippen LogP contribution >= 0.6 is 11.3 Å². The van der Waals surface area contributed by atoms with Gasteiger partial charge in [-0.05, 0) is 19.1 Å². The minimum Gasteiger partial charge on any atom is -0.382 e. The number of thiazole rings is 1. The van der Waals surface area contributed by atoms with E-state index in [0.29, 0.717) is 29.3 Å². The summed E-state index contributed by atoms with van der Waals surface area (Å²) in [5.41, 5.74) is 2.71. The zero-order valence-corrected chi connectivity index (χ0v) is 12.1. The van der Waals surface area contributed by atoms with Crippen molar-refractivity contribution in [2.75, 3.05) is 18.4 Å². The number of hydrogen-bond acceptors (Lipinski definition) is 5. The fourth-order valence-corrected chi connectivity index (χ4v) is 2.48. The van der Waals surface area contributed by atoms with Gasteiger partial charge < -0.3 is 10.6 Å². The van der Waals surface area contributed by atoms with E-state index in [4.69, 9.17) is 5.26 Å². The van der Waals surface area contributed by atoms with Crippen molar-refractivity contribution in [3.8, 4) is 6.07 Å². The molecule has 2 rings (SSSR count). The Kier molecular flexibility index (Phi) is 4.85. The number of anilines is 1. The monoisotopic (exact) mass is 304 g/mol. The third kappa shape index (κ3) is 3.55. The highest BCUT2D eigenvalue weighted by Crippen LogP contribution is 2.17. The molecular weight excluding hydrogens is 291 g/mol. The summed E-state index contributed by atoms with van der Waals surface area (Å²) in [4.78, 5) is 16.4. The van der Waals surface area contributed by atoms with Crippen LogP contribution < -0.4 is 10.6 Å². The highest BCUT2D eigenvalue weighted by Gasteiger charge is 2.11. The van der Waals surface area contributed by atoms with Crippen molar-refractivity contribution in [2.45, 2.75) is 6.92 Å². The predicted molar refractivity (Wildman–Crippen MR) is 78.8 cm³/mol. The Morgan fingerprint density at radius 3 is 2.95 bits per heavy atom. The summed E-state index contributed by atoms with van der Waals surface area (Å²) in [5.74, 6) is -0.747. The van der Waals surface area contributed by atoms with Crippen molar-refractivity contribution < 1.29 is 9.18 Å². The van der Waals surface area contributed by atoms with E-state index in [2.05, 4.69) is 15.6 Å². The van der Waals surface area contributed by atoms with E-state index in [1.54, 1.807) is 18.5 Å². The summed E-state index contributed by atoms with van der Waals surface area (Å²) in [6.45, 7) is 2.52. The number of aryl methyl sites for hydroxylation is 1. The number of hydrogen-bond donors (Lipinski definition) is 2. The number of carbonyl (C=O) groups excluding carboxylic acids is 1. The molecule has 2 N–H and O–H groups in total. The lowest BCUT2D eigenvalue weighted by molar-refractivity contribution is 0.0958. The summed E-state index contributed by atoms with van der Waals surface area (Å²) in [5, 5.41) is 14.6. The number of rotatable bonds is 5. The molecule has 0 saturated carbocycles. The molecule has 7 heteroatoms. The second kappa shape index (κ2) is 6.81. The molecule has 0 aliphatic carbocycles. The summed E-state index contributed by atoms with van der Waals surface area (Å²) in [6, 6.07) is 6.19. The number of nitrogens with one attached hydrogen (secondary N) is 2. The quantitative estimate of drug-likeness (QED) is 0.831. The lowest BCUT2D eigenvalue weighted by Gasteiger charge is -2.09. The van der Waals surface area contributed by atoms with Crippen molar-refractivity contribution in [2.24, 2.45) is 0 Å². The Morgan fingerprint density at radius 2 is 2.29 bits per heavy atom. The van der Waals surface area contributed by atoms with Crippen LogP contribution in [0.5, 0.6) is 0 Å². The Hall–Kier alpha value is -2.46. The third-order valence-corrected chi connectivity index (χ3v) is 3.73. The van der Waals surface area contributed by atoms with E-state index in [0.717, 1.165) is 0 Å². The average Bonchev–Trinajstić information content (AvgIpc) is 2.90. The highest BCUT2D eigenvalue weighted by atomic mass is 32.1. The van der Waals surface area contributed by atoms with Crippen molar-refractivity contribution in [1.29, 1.82) is 5.26 Å². The van der Waals surface area contributed by atoms with E-state index >= 15 is 0 Å². The molecule has 5 nitrogen and oxygen atoms in total. The fraction of sp³-hybridized carbons (Fsp3) is 0.214. The lowest BCUT2D eigenvalue weighted by Crippen LogP contribution is -2.28. The molecular formula is C14H13FN4OS. The minimum atomic E-state index is -0.563. The van der Waals surface area contributed by atoms with Crippen molar-refractivity contribution in [1.82, 2.24) is 10.3 Å². The van der Waals surface area contributed by atoms with Crippen LogP contribution in [0.1, 0.15) is 20.9 Å². The highest BCUT2D eigenvalue weighted by molar-refractivity contribution is 7.11. The van der Waals surface area contributed by atoms with E-state index in [9.17, 15) is 9.18 Å². The maximum absolute atomic E-state index is 13.4. The number of benzene rings is 1. The Labute approximate surface area is 125 Å². The fourth-order valence-electron chi connectivity index (χ4n) is 1.76. The number of carbonyl (C=O) groups is 1. The first kappa shape index (κ1) is 14.9. The van der Waals surface area contributed by atoms with Gasteiger partial charge in [-0.2, -0.15) is 5.26 Å². The summed E-state index contributed by atoms with van der Waals surface area (Å²) >= 11 is 1.28. The zero-order chi connectivity index (χ0) is 15.2. The summed E-state index contributed by atoms with van der Waals surface area (Å²) in [6.07, 6.45) is 0. The number of nitrogens with zero attached hydrogens (tertiary/aromatic N) is 2. The molecule has 0 bridgehead atoms. The Morgan fingerprint density at radius 1 is 1.48 bits per heavy atom. The molecule has 1 amide bonds. The predicted octanol–water partition coefficient (Wildman–Crippen LogP) is 2.30. The van der Waals surface area contributed by atoms with Crippen LogP contribution in [0.3, 0.4) is 0 Å². The number of nitriles is 1. The smallest absolute Gasteiger partial charge is 0.263 e. The summed E-state index contributed by atoms with van der Waals surface area (Å²) in [7, 11) is 0. The van der Waals surface area contributed by atoms with E-state index < -0.39 is 5.82 Å². The van der Waals surface area contributed by atoms with E-state index in [1.165, 1.54) is 23.5 Å². The number of amides is 1.